The third kappa shape index (κ3) is 6.09. The van der Waals surface area contributed by atoms with Crippen LogP contribution in [-0.4, -0.2) is 38.2 Å². The van der Waals surface area contributed by atoms with Crippen LogP contribution in [0.1, 0.15) is 79.8 Å². The number of halogens is 3. The van der Waals surface area contributed by atoms with Crippen molar-refractivity contribution in [3.63, 3.8) is 0 Å². The molecule has 2 N–H and O–H groups in total. The van der Waals surface area contributed by atoms with Gasteiger partial charge in [-0.3, -0.25) is 4.79 Å². The van der Waals surface area contributed by atoms with Gasteiger partial charge in [0.05, 0.1) is 24.4 Å². The van der Waals surface area contributed by atoms with Gasteiger partial charge in [-0.25, -0.2) is 4.31 Å². The second kappa shape index (κ2) is 9.61. The second-order valence-electron chi connectivity index (χ2n) is 10.6. The number of benzene rings is 1. The van der Waals surface area contributed by atoms with Gasteiger partial charge in [-0.05, 0) is 44.0 Å². The lowest BCUT2D eigenvalue weighted by Gasteiger charge is -2.35. The maximum Gasteiger partial charge on any atom is 0.416 e. The van der Waals surface area contributed by atoms with Crippen LogP contribution < -0.4 is 9.62 Å². The number of anilines is 1. The van der Waals surface area contributed by atoms with Gasteiger partial charge >= 0.3 is 6.18 Å². The number of quaternary nitrogens is 1. The van der Waals surface area contributed by atoms with E-state index in [0.717, 1.165) is 49.2 Å². The van der Waals surface area contributed by atoms with Crippen molar-refractivity contribution < 1.29 is 30.7 Å². The molecular formula is C25H35F3N3O3S+. The highest BCUT2D eigenvalue weighted by Gasteiger charge is 2.35. The van der Waals surface area contributed by atoms with Gasteiger partial charge in [-0.2, -0.15) is 21.6 Å². The van der Waals surface area contributed by atoms with Gasteiger partial charge in [0, 0.05) is 41.4 Å². The number of carbonyl (C=O) groups is 1. The van der Waals surface area contributed by atoms with E-state index in [2.05, 4.69) is 30.7 Å². The number of amides is 1. The number of rotatable bonds is 5. The van der Waals surface area contributed by atoms with Crippen molar-refractivity contribution >= 4 is 21.6 Å². The minimum absolute atomic E-state index is 0.0267. The monoisotopic (exact) mass is 514 g/mol. The standard InChI is InChI=1S/C25H34F3N3O3S/c1-16-21(23(32)29-18-9-7-8-17(14-18)25(26,27)28)15-22(24(2,3)4)31(16)20-12-10-19(11-13-20)30(5)35(6,33)34/h7-9,14-15,19-20H,10-13H2,1-6H3,(H,29,32)/p+1. The minimum atomic E-state index is -4.49. The van der Waals surface area contributed by atoms with Crippen LogP contribution in [0, 0.1) is 6.92 Å². The number of hydrogen-bond acceptors (Lipinski definition) is 3. The molecule has 0 aliphatic heterocycles. The molecule has 194 valence electrons. The molecule has 35 heavy (non-hydrogen) atoms. The van der Waals surface area contributed by atoms with Crippen molar-refractivity contribution in [1.82, 2.24) is 4.57 Å². The summed E-state index contributed by atoms with van der Waals surface area (Å²) in [5.41, 5.74) is 1.14. The Bertz CT molecular complexity index is 1190. The zero-order valence-corrected chi connectivity index (χ0v) is 21.9. The molecule has 1 unspecified atom stereocenters. The van der Waals surface area contributed by atoms with E-state index in [-0.39, 0.29) is 23.2 Å². The summed E-state index contributed by atoms with van der Waals surface area (Å²) < 4.78 is 65.9. The zero-order chi connectivity index (χ0) is 26.3. The van der Waals surface area contributed by atoms with E-state index in [1.54, 1.807) is 7.05 Å². The van der Waals surface area contributed by atoms with Crippen LogP contribution in [0.2, 0.25) is 0 Å². The summed E-state index contributed by atoms with van der Waals surface area (Å²) >= 11 is 0. The van der Waals surface area contributed by atoms with Crippen molar-refractivity contribution in [1.29, 1.82) is 0 Å². The molecule has 10 heteroatoms. The van der Waals surface area contributed by atoms with Crippen LogP contribution >= 0.6 is 0 Å². The summed E-state index contributed by atoms with van der Waals surface area (Å²) in [4.78, 5) is 13.1. The molecule has 0 bridgehead atoms. The summed E-state index contributed by atoms with van der Waals surface area (Å²) in [5, 5.41) is 2.62. The van der Waals surface area contributed by atoms with Crippen LogP contribution in [0.3, 0.4) is 0 Å². The lowest BCUT2D eigenvalue weighted by atomic mass is 9.88. The summed E-state index contributed by atoms with van der Waals surface area (Å²) in [6, 6.07) is 6.57. The molecule has 1 aromatic heterocycles. The lowest BCUT2D eigenvalue weighted by Crippen LogP contribution is -3.14. The predicted molar refractivity (Wildman–Crippen MR) is 130 cm³/mol. The largest absolute Gasteiger partial charge is 0.416 e. The van der Waals surface area contributed by atoms with E-state index in [0.29, 0.717) is 9.87 Å². The number of nitrogens with one attached hydrogen (secondary N) is 2. The first-order valence-electron chi connectivity index (χ1n) is 11.7. The molecule has 1 aliphatic carbocycles. The van der Waals surface area contributed by atoms with Crippen LogP contribution in [0.4, 0.5) is 18.9 Å². The fourth-order valence-electron chi connectivity index (χ4n) is 4.91. The Morgan fingerprint density at radius 1 is 1.09 bits per heavy atom. The van der Waals surface area contributed by atoms with Gasteiger partial charge in [0.2, 0.25) is 0 Å². The molecule has 1 amide bonds. The molecule has 1 fully saturated rings. The van der Waals surface area contributed by atoms with Crippen molar-refractivity contribution in [2.45, 2.75) is 77.1 Å². The first-order chi connectivity index (χ1) is 16.0. The highest BCUT2D eigenvalue weighted by atomic mass is 32.2. The average Bonchev–Trinajstić information content (AvgIpc) is 3.10. The summed E-state index contributed by atoms with van der Waals surface area (Å²) in [5.74, 6) is -0.457. The van der Waals surface area contributed by atoms with E-state index in [9.17, 15) is 26.4 Å². The highest BCUT2D eigenvalue weighted by molar-refractivity contribution is 7.84. The van der Waals surface area contributed by atoms with E-state index in [4.69, 9.17) is 0 Å². The molecule has 1 heterocycles. The van der Waals surface area contributed by atoms with Gasteiger partial charge < -0.3 is 9.88 Å². The van der Waals surface area contributed by atoms with Crippen LogP contribution in [0.15, 0.2) is 30.3 Å². The fraction of sp³-hybridized carbons (Fsp3) is 0.560. The van der Waals surface area contributed by atoms with E-state index in [1.165, 1.54) is 18.4 Å². The molecule has 3 rings (SSSR count). The normalized spacial score (nSPS) is 20.5. The van der Waals surface area contributed by atoms with Gasteiger partial charge in [-0.15, -0.1) is 0 Å². The molecule has 1 aliphatic rings. The third-order valence-corrected chi connectivity index (χ3v) is 8.48. The predicted octanol–water partition coefficient (Wildman–Crippen LogP) is 4.32. The number of hydrogen-bond donors (Lipinski definition) is 2. The zero-order valence-electron chi connectivity index (χ0n) is 21.1. The lowest BCUT2D eigenvalue weighted by molar-refractivity contribution is -0.776. The van der Waals surface area contributed by atoms with Crippen molar-refractivity contribution in [3.8, 4) is 0 Å². The number of nitrogens with zero attached hydrogens (tertiary/aromatic N) is 1. The van der Waals surface area contributed by atoms with Gasteiger partial charge in [0.15, 0.2) is 0 Å². The van der Waals surface area contributed by atoms with Crippen molar-refractivity contribution in [3.05, 3.63) is 52.8 Å². The van der Waals surface area contributed by atoms with Gasteiger partial charge in [0.1, 0.15) is 6.04 Å². The average molecular weight is 515 g/mol. The topological polar surface area (TPSA) is 72.6 Å². The van der Waals surface area contributed by atoms with Gasteiger partial charge in [0.25, 0.3) is 15.9 Å². The molecule has 6 nitrogen and oxygen atoms in total. The summed E-state index contributed by atoms with van der Waals surface area (Å²) in [6.45, 7) is 8.02. The number of aromatic nitrogens is 1. The number of sulfonamides is 1. The van der Waals surface area contributed by atoms with Crippen molar-refractivity contribution in [2.24, 2.45) is 0 Å². The Morgan fingerprint density at radius 3 is 2.20 bits per heavy atom. The maximum atomic E-state index is 13.1. The molecule has 0 saturated heterocycles. The Balaban J connectivity index is 1.88. The molecule has 1 atom stereocenters. The van der Waals surface area contributed by atoms with Crippen LogP contribution in [0.25, 0.3) is 0 Å². The Kier molecular flexibility index (Phi) is 7.49. The SMILES string of the molecule is Cc1c(C(=O)Nc2cccc(C(F)(F)F)c2)cc(C(C)(C)C)n1C1CCC([NH+](C)S(C)(=O)=O)CC1. The molecule has 2 aromatic rings. The van der Waals surface area contributed by atoms with E-state index < -0.39 is 27.7 Å². The smallest absolute Gasteiger partial charge is 0.345 e. The molecule has 0 spiro atoms. The van der Waals surface area contributed by atoms with E-state index >= 15 is 0 Å². The molecular weight excluding hydrogens is 479 g/mol. The first-order valence-corrected chi connectivity index (χ1v) is 13.6. The summed E-state index contributed by atoms with van der Waals surface area (Å²) in [7, 11) is -1.49. The number of carbonyl (C=O) groups excluding carboxylic acids is 1. The second-order valence-corrected chi connectivity index (χ2v) is 12.8. The molecule has 1 aromatic carbocycles. The van der Waals surface area contributed by atoms with Crippen LogP contribution in [0.5, 0.6) is 0 Å². The quantitative estimate of drug-likeness (QED) is 0.624. The molecule has 1 saturated carbocycles. The molecule has 0 radical (unpaired) electrons. The first kappa shape index (κ1) is 27.3. The Hall–Kier alpha value is -2.33. The van der Waals surface area contributed by atoms with Crippen molar-refractivity contribution in [2.75, 3.05) is 18.6 Å². The van der Waals surface area contributed by atoms with Crippen LogP contribution in [-0.2, 0) is 21.6 Å². The summed E-state index contributed by atoms with van der Waals surface area (Å²) in [6.07, 6.45) is -0.189. The third-order valence-electron chi connectivity index (χ3n) is 6.97. The van der Waals surface area contributed by atoms with E-state index in [1.807, 2.05) is 13.0 Å². The Morgan fingerprint density at radius 2 is 1.69 bits per heavy atom. The number of alkyl halides is 3. The maximum absolute atomic E-state index is 13.1. The van der Waals surface area contributed by atoms with Gasteiger partial charge in [-0.1, -0.05) is 26.8 Å². The fourth-order valence-corrected chi connectivity index (χ4v) is 5.76. The highest BCUT2D eigenvalue weighted by Crippen LogP contribution is 2.37. The Labute approximate surface area is 205 Å². The minimum Gasteiger partial charge on any atom is -0.345 e.